The van der Waals surface area contributed by atoms with Crippen LogP contribution in [0.3, 0.4) is 0 Å². The Bertz CT molecular complexity index is 922. The predicted molar refractivity (Wildman–Crippen MR) is 110 cm³/mol. The first-order valence-electron chi connectivity index (χ1n) is 9.76. The van der Waals surface area contributed by atoms with Crippen LogP contribution in [0.25, 0.3) is 0 Å². The van der Waals surface area contributed by atoms with Gasteiger partial charge in [0.2, 0.25) is 4.77 Å². The van der Waals surface area contributed by atoms with Crippen LogP contribution in [0.15, 0.2) is 60.7 Å². The van der Waals surface area contributed by atoms with Gasteiger partial charge in [-0.25, -0.2) is 0 Å². The highest BCUT2D eigenvalue weighted by atomic mass is 32.1. The van der Waals surface area contributed by atoms with Crippen molar-refractivity contribution in [2.75, 3.05) is 13.1 Å². The van der Waals surface area contributed by atoms with E-state index in [0.717, 1.165) is 23.7 Å². The Morgan fingerprint density at radius 1 is 1.00 bits per heavy atom. The maximum atomic E-state index is 5.65. The summed E-state index contributed by atoms with van der Waals surface area (Å²) in [5, 5.41) is 4.83. The molecule has 1 aromatic heterocycles. The molecule has 2 heterocycles. The van der Waals surface area contributed by atoms with Crippen molar-refractivity contribution in [2.45, 2.75) is 31.8 Å². The second-order valence-electron chi connectivity index (χ2n) is 7.51. The Morgan fingerprint density at radius 2 is 1.63 bits per heavy atom. The molecule has 0 bridgehead atoms. The molecule has 1 N–H and O–H groups in total. The van der Waals surface area contributed by atoms with Crippen molar-refractivity contribution in [3.63, 3.8) is 0 Å². The van der Waals surface area contributed by atoms with Crippen molar-refractivity contribution in [1.82, 2.24) is 14.3 Å². The number of aromatic nitrogens is 3. The summed E-state index contributed by atoms with van der Waals surface area (Å²) in [7, 11) is 2.03. The fourth-order valence-electron chi connectivity index (χ4n) is 4.02. The molecule has 3 aromatic rings. The first-order chi connectivity index (χ1) is 13.2. The van der Waals surface area contributed by atoms with Gasteiger partial charge in [-0.1, -0.05) is 60.7 Å². The van der Waals surface area contributed by atoms with Gasteiger partial charge in [0.05, 0.1) is 13.1 Å². The minimum atomic E-state index is 0.695. The van der Waals surface area contributed by atoms with Crippen molar-refractivity contribution in [3.8, 4) is 0 Å². The zero-order valence-electron chi connectivity index (χ0n) is 15.8. The highest BCUT2D eigenvalue weighted by molar-refractivity contribution is 7.71. The van der Waals surface area contributed by atoms with Crippen molar-refractivity contribution in [1.29, 1.82) is 0 Å². The number of benzene rings is 2. The largest absolute Gasteiger partial charge is 0.316 e. The first kappa shape index (κ1) is 18.1. The number of likely N-dealkylation sites (tertiary alicyclic amines) is 1. The molecule has 140 valence electrons. The van der Waals surface area contributed by atoms with Crippen LogP contribution in [0.2, 0.25) is 0 Å². The number of hydrogen-bond donors (Lipinski definition) is 1. The molecule has 0 saturated carbocycles. The van der Waals surface area contributed by atoms with Crippen LogP contribution >= 0.6 is 12.2 Å². The van der Waals surface area contributed by atoms with Gasteiger partial charge < -0.3 is 9.47 Å². The average molecular weight is 380 g/mol. The molecule has 1 aliphatic heterocycles. The number of nitrogens with one attached hydrogen (secondary N) is 1. The molecule has 0 amide bonds. The molecule has 4 nitrogen and oxygen atoms in total. The molecule has 1 aliphatic rings. The second-order valence-corrected chi connectivity index (χ2v) is 7.88. The summed E-state index contributed by atoms with van der Waals surface area (Å²) in [6, 6.07) is 21.4. The Balaban J connectivity index is 1.40. The molecule has 0 atom stereocenters. The van der Waals surface area contributed by atoms with Crippen molar-refractivity contribution < 1.29 is 4.90 Å². The van der Waals surface area contributed by atoms with Gasteiger partial charge >= 0.3 is 0 Å². The summed E-state index contributed by atoms with van der Waals surface area (Å²) in [5.41, 5.74) is 2.75. The summed E-state index contributed by atoms with van der Waals surface area (Å²) in [6.07, 6.45) is 3.28. The minimum absolute atomic E-state index is 0.695. The molecular formula is C22H27N4S+. The third-order valence-corrected chi connectivity index (χ3v) is 6.16. The summed E-state index contributed by atoms with van der Waals surface area (Å²) in [5.74, 6) is 1.73. The Morgan fingerprint density at radius 3 is 2.30 bits per heavy atom. The zero-order chi connectivity index (χ0) is 18.6. The van der Waals surface area contributed by atoms with Gasteiger partial charge in [0, 0.05) is 26.3 Å². The van der Waals surface area contributed by atoms with Crippen LogP contribution in [-0.2, 0) is 20.1 Å². The third-order valence-electron chi connectivity index (χ3n) is 5.67. The van der Waals surface area contributed by atoms with E-state index in [1.165, 1.54) is 37.1 Å². The van der Waals surface area contributed by atoms with Crippen LogP contribution in [0.5, 0.6) is 0 Å². The zero-order valence-corrected chi connectivity index (χ0v) is 16.7. The highest BCUT2D eigenvalue weighted by Gasteiger charge is 2.24. The molecule has 0 spiro atoms. The Hall–Kier alpha value is -2.24. The molecule has 0 radical (unpaired) electrons. The maximum Gasteiger partial charge on any atom is 0.202 e. The molecule has 1 saturated heterocycles. The standard InChI is InChI=1S/C22H26N4S/c1-24-21(16-18-8-4-2-5-9-18)23-26(22(24)27)17-25-14-12-20(13-15-25)19-10-6-3-7-11-19/h2-11,20H,12-17H2,1H3/p+1. The number of nitrogens with zero attached hydrogens (tertiary/aromatic N) is 3. The Kier molecular flexibility index (Phi) is 5.50. The summed E-state index contributed by atoms with van der Waals surface area (Å²) in [4.78, 5) is 1.57. The monoisotopic (exact) mass is 379 g/mol. The van der Waals surface area contributed by atoms with E-state index in [1.807, 2.05) is 17.8 Å². The summed E-state index contributed by atoms with van der Waals surface area (Å²) < 4.78 is 4.89. The topological polar surface area (TPSA) is 27.2 Å². The number of quaternary nitrogens is 1. The maximum absolute atomic E-state index is 5.65. The van der Waals surface area contributed by atoms with Gasteiger partial charge in [0.25, 0.3) is 0 Å². The fraction of sp³-hybridized carbons (Fsp3) is 0.364. The van der Waals surface area contributed by atoms with Gasteiger partial charge in [0.15, 0.2) is 6.67 Å². The van der Waals surface area contributed by atoms with Crippen LogP contribution < -0.4 is 4.90 Å². The van der Waals surface area contributed by atoms with E-state index in [9.17, 15) is 0 Å². The lowest BCUT2D eigenvalue weighted by Crippen LogP contribution is -3.12. The van der Waals surface area contributed by atoms with E-state index in [2.05, 4.69) is 59.2 Å². The van der Waals surface area contributed by atoms with E-state index in [1.54, 1.807) is 4.90 Å². The number of piperidine rings is 1. The fourth-order valence-corrected chi connectivity index (χ4v) is 4.23. The SMILES string of the molecule is Cn1c(Cc2ccccc2)nn(C[NH+]2CCC(c3ccccc3)CC2)c1=S. The molecule has 4 rings (SSSR count). The van der Waals surface area contributed by atoms with Gasteiger partial charge in [-0.15, -0.1) is 0 Å². The third kappa shape index (κ3) is 4.20. The normalized spacial score (nSPS) is 19.9. The summed E-state index contributed by atoms with van der Waals surface area (Å²) in [6.45, 7) is 3.21. The van der Waals surface area contributed by atoms with E-state index in [4.69, 9.17) is 17.3 Å². The predicted octanol–water partition coefficient (Wildman–Crippen LogP) is 2.96. The lowest BCUT2D eigenvalue weighted by molar-refractivity contribution is -0.928. The van der Waals surface area contributed by atoms with Crippen LogP contribution in [0, 0.1) is 4.77 Å². The quantitative estimate of drug-likeness (QED) is 0.690. The minimum Gasteiger partial charge on any atom is -0.316 e. The lowest BCUT2D eigenvalue weighted by atomic mass is 9.90. The average Bonchev–Trinajstić information content (AvgIpc) is 2.98. The lowest BCUT2D eigenvalue weighted by Gasteiger charge is -2.29. The molecule has 5 heteroatoms. The second kappa shape index (κ2) is 8.19. The van der Waals surface area contributed by atoms with Gasteiger partial charge in [-0.05, 0) is 29.3 Å². The number of hydrogen-bond acceptors (Lipinski definition) is 2. The molecule has 1 fully saturated rings. The van der Waals surface area contributed by atoms with E-state index in [-0.39, 0.29) is 0 Å². The van der Waals surface area contributed by atoms with Crippen LogP contribution in [-0.4, -0.2) is 27.4 Å². The van der Waals surface area contributed by atoms with Gasteiger partial charge in [0.1, 0.15) is 5.82 Å². The molecular weight excluding hydrogens is 352 g/mol. The summed E-state index contributed by atoms with van der Waals surface area (Å²) >= 11 is 5.65. The van der Waals surface area contributed by atoms with Gasteiger partial charge in [-0.3, -0.25) is 0 Å². The Labute approximate surface area is 166 Å². The first-order valence-corrected chi connectivity index (χ1v) is 10.2. The highest BCUT2D eigenvalue weighted by Crippen LogP contribution is 2.23. The number of rotatable bonds is 5. The van der Waals surface area contributed by atoms with E-state index in [0.29, 0.717) is 5.92 Å². The van der Waals surface area contributed by atoms with Crippen LogP contribution in [0.4, 0.5) is 0 Å². The smallest absolute Gasteiger partial charge is 0.202 e. The van der Waals surface area contributed by atoms with E-state index < -0.39 is 0 Å². The molecule has 2 aromatic carbocycles. The molecule has 0 aliphatic carbocycles. The van der Waals surface area contributed by atoms with Crippen LogP contribution in [0.1, 0.15) is 35.7 Å². The van der Waals surface area contributed by atoms with E-state index >= 15 is 0 Å². The van der Waals surface area contributed by atoms with Crippen molar-refractivity contribution in [3.05, 3.63) is 82.4 Å². The molecule has 0 unspecified atom stereocenters. The molecule has 27 heavy (non-hydrogen) atoms. The van der Waals surface area contributed by atoms with Crippen molar-refractivity contribution in [2.24, 2.45) is 7.05 Å². The van der Waals surface area contributed by atoms with Crippen molar-refractivity contribution >= 4 is 12.2 Å². The van der Waals surface area contributed by atoms with Gasteiger partial charge in [-0.2, -0.15) is 9.78 Å².